The first kappa shape index (κ1) is 16.6. The highest BCUT2D eigenvalue weighted by molar-refractivity contribution is 5.86. The first-order valence-electron chi connectivity index (χ1n) is 9.67. The number of pyridine rings is 1. The summed E-state index contributed by atoms with van der Waals surface area (Å²) in [4.78, 5) is 17.4. The number of rotatable bonds is 4. The number of benzene rings is 1. The average Bonchev–Trinajstić information content (AvgIpc) is 3.22. The second-order valence-corrected chi connectivity index (χ2v) is 8.19. The van der Waals surface area contributed by atoms with E-state index >= 15 is 0 Å². The number of aryl methyl sites for hydroxylation is 2. The predicted molar refractivity (Wildman–Crippen MR) is 101 cm³/mol. The van der Waals surface area contributed by atoms with E-state index in [1.807, 2.05) is 25.1 Å². The molecule has 2 fully saturated rings. The molecule has 0 aliphatic heterocycles. The number of hydrogen-bond acceptors (Lipinski definition) is 2. The van der Waals surface area contributed by atoms with Crippen molar-refractivity contribution in [2.24, 2.45) is 17.8 Å². The highest BCUT2D eigenvalue weighted by Gasteiger charge is 2.42. The Labute approximate surface area is 150 Å². The van der Waals surface area contributed by atoms with Gasteiger partial charge in [-0.05, 0) is 75.0 Å². The summed E-state index contributed by atoms with van der Waals surface area (Å²) in [6.45, 7) is 6.32. The van der Waals surface area contributed by atoms with Gasteiger partial charge in [0.2, 0.25) is 5.91 Å². The van der Waals surface area contributed by atoms with E-state index in [1.165, 1.54) is 31.2 Å². The molecular formula is C22H28N2O. The second-order valence-electron chi connectivity index (χ2n) is 8.19. The van der Waals surface area contributed by atoms with Crippen molar-refractivity contribution >= 4 is 16.8 Å². The number of carbonyl (C=O) groups is 1. The van der Waals surface area contributed by atoms with E-state index in [0.717, 1.165) is 34.0 Å². The van der Waals surface area contributed by atoms with Crippen LogP contribution in [0.3, 0.4) is 0 Å². The molecule has 0 saturated heterocycles. The molecule has 4 unspecified atom stereocenters. The van der Waals surface area contributed by atoms with E-state index in [-0.39, 0.29) is 11.9 Å². The summed E-state index contributed by atoms with van der Waals surface area (Å²) in [6.07, 6.45) is 5.89. The maximum absolute atomic E-state index is 12.7. The highest BCUT2D eigenvalue weighted by Crippen LogP contribution is 2.49. The van der Waals surface area contributed by atoms with E-state index in [4.69, 9.17) is 4.98 Å². The van der Waals surface area contributed by atoms with Crippen molar-refractivity contribution in [3.05, 3.63) is 41.1 Å². The lowest BCUT2D eigenvalue weighted by molar-refractivity contribution is -0.121. The fraction of sp³-hybridized carbons (Fsp3) is 0.545. The van der Waals surface area contributed by atoms with Gasteiger partial charge >= 0.3 is 0 Å². The van der Waals surface area contributed by atoms with E-state index in [1.54, 1.807) is 0 Å². The third kappa shape index (κ3) is 3.05. The molecule has 0 radical (unpaired) electrons. The fourth-order valence-corrected chi connectivity index (χ4v) is 5.31. The summed E-state index contributed by atoms with van der Waals surface area (Å²) >= 11 is 0. The molecule has 1 N–H and O–H groups in total. The van der Waals surface area contributed by atoms with Crippen molar-refractivity contribution in [1.82, 2.24) is 10.3 Å². The number of aromatic nitrogens is 1. The molecule has 3 heteroatoms. The Morgan fingerprint density at radius 1 is 1.24 bits per heavy atom. The lowest BCUT2D eigenvalue weighted by Gasteiger charge is -2.28. The second kappa shape index (κ2) is 6.44. The van der Waals surface area contributed by atoms with Crippen LogP contribution in [0.2, 0.25) is 0 Å². The molecule has 2 aliphatic carbocycles. The molecule has 1 amide bonds. The number of nitrogens with zero attached hydrogens (tertiary/aromatic N) is 1. The van der Waals surface area contributed by atoms with E-state index in [2.05, 4.69) is 25.2 Å². The first-order valence-corrected chi connectivity index (χ1v) is 9.67. The van der Waals surface area contributed by atoms with Crippen LogP contribution >= 0.6 is 0 Å². The van der Waals surface area contributed by atoms with Gasteiger partial charge in [-0.15, -0.1) is 0 Å². The minimum atomic E-state index is 0.138. The van der Waals surface area contributed by atoms with Gasteiger partial charge in [-0.3, -0.25) is 9.78 Å². The third-order valence-corrected chi connectivity index (χ3v) is 6.65. The van der Waals surface area contributed by atoms with Crippen LogP contribution in [-0.4, -0.2) is 16.9 Å². The van der Waals surface area contributed by atoms with Crippen molar-refractivity contribution in [2.75, 3.05) is 0 Å². The van der Waals surface area contributed by atoms with Gasteiger partial charge in [0.1, 0.15) is 0 Å². The van der Waals surface area contributed by atoms with Crippen molar-refractivity contribution in [1.29, 1.82) is 0 Å². The molecular weight excluding hydrogens is 308 g/mol. The normalized spacial score (nSPS) is 26.1. The Morgan fingerprint density at radius 3 is 2.76 bits per heavy atom. The smallest absolute Gasteiger partial charge is 0.224 e. The van der Waals surface area contributed by atoms with Crippen LogP contribution in [0.15, 0.2) is 24.3 Å². The van der Waals surface area contributed by atoms with E-state index in [9.17, 15) is 4.79 Å². The average molecular weight is 336 g/mol. The monoisotopic (exact) mass is 336 g/mol. The van der Waals surface area contributed by atoms with Gasteiger partial charge < -0.3 is 5.32 Å². The van der Waals surface area contributed by atoms with Crippen LogP contribution < -0.4 is 5.32 Å². The Bertz CT molecular complexity index is 813. The Balaban J connectivity index is 1.48. The van der Waals surface area contributed by atoms with Gasteiger partial charge in [-0.1, -0.05) is 24.6 Å². The zero-order valence-corrected chi connectivity index (χ0v) is 15.5. The summed E-state index contributed by atoms with van der Waals surface area (Å²) in [5.41, 5.74) is 4.25. The predicted octanol–water partition coefficient (Wildman–Crippen LogP) is 4.34. The molecule has 4 rings (SSSR count). The van der Waals surface area contributed by atoms with Gasteiger partial charge in [-0.2, -0.15) is 0 Å². The van der Waals surface area contributed by atoms with E-state index in [0.29, 0.717) is 12.3 Å². The minimum Gasteiger partial charge on any atom is -0.353 e. The zero-order valence-electron chi connectivity index (χ0n) is 15.5. The standard InChI is InChI=1S/C22H28N2O/c1-13-18-6-4-5-7-21(18)23-14(2)19(13)12-22(25)24-15(3)20-11-16-8-9-17(20)10-16/h4-7,15-17,20H,8-12H2,1-3H3,(H,24,25). The van der Waals surface area contributed by atoms with Gasteiger partial charge in [0.15, 0.2) is 0 Å². The number of hydrogen-bond donors (Lipinski definition) is 1. The van der Waals surface area contributed by atoms with E-state index < -0.39 is 0 Å². The molecule has 1 heterocycles. The van der Waals surface area contributed by atoms with Crippen molar-refractivity contribution < 1.29 is 4.79 Å². The van der Waals surface area contributed by atoms with Gasteiger partial charge in [0, 0.05) is 17.1 Å². The molecule has 1 aromatic carbocycles. The van der Waals surface area contributed by atoms with Gasteiger partial charge in [-0.25, -0.2) is 0 Å². The fourth-order valence-electron chi connectivity index (χ4n) is 5.31. The topological polar surface area (TPSA) is 42.0 Å². The highest BCUT2D eigenvalue weighted by atomic mass is 16.1. The molecule has 132 valence electrons. The quantitative estimate of drug-likeness (QED) is 0.902. The summed E-state index contributed by atoms with van der Waals surface area (Å²) < 4.78 is 0. The Hall–Kier alpha value is -1.90. The molecule has 2 bridgehead atoms. The van der Waals surface area contributed by atoms with Gasteiger partial charge in [0.25, 0.3) is 0 Å². The zero-order chi connectivity index (χ0) is 17.6. The van der Waals surface area contributed by atoms with Crippen LogP contribution in [0.5, 0.6) is 0 Å². The third-order valence-electron chi connectivity index (χ3n) is 6.65. The van der Waals surface area contributed by atoms with Crippen LogP contribution in [0.25, 0.3) is 10.9 Å². The van der Waals surface area contributed by atoms with Crippen LogP contribution in [0.1, 0.15) is 49.4 Å². The lowest BCUT2D eigenvalue weighted by Crippen LogP contribution is -2.41. The van der Waals surface area contributed by atoms with Crippen molar-refractivity contribution in [2.45, 2.75) is 58.9 Å². The summed E-state index contributed by atoms with van der Waals surface area (Å²) in [7, 11) is 0. The molecule has 25 heavy (non-hydrogen) atoms. The molecule has 3 nitrogen and oxygen atoms in total. The molecule has 4 atom stereocenters. The van der Waals surface area contributed by atoms with Crippen LogP contribution in [0.4, 0.5) is 0 Å². The minimum absolute atomic E-state index is 0.138. The maximum atomic E-state index is 12.7. The number of amides is 1. The van der Waals surface area contributed by atoms with Crippen molar-refractivity contribution in [3.63, 3.8) is 0 Å². The first-order chi connectivity index (χ1) is 12.0. The summed E-state index contributed by atoms with van der Waals surface area (Å²) in [5.74, 6) is 2.58. The maximum Gasteiger partial charge on any atom is 0.224 e. The molecule has 0 spiro atoms. The number of para-hydroxylation sites is 1. The van der Waals surface area contributed by atoms with Crippen LogP contribution in [0, 0.1) is 31.6 Å². The molecule has 1 aromatic heterocycles. The van der Waals surface area contributed by atoms with Gasteiger partial charge in [0.05, 0.1) is 11.9 Å². The van der Waals surface area contributed by atoms with Crippen LogP contribution in [-0.2, 0) is 11.2 Å². The molecule has 2 saturated carbocycles. The number of nitrogens with one attached hydrogen (secondary N) is 1. The molecule has 2 aliphatic rings. The van der Waals surface area contributed by atoms with Crippen molar-refractivity contribution in [3.8, 4) is 0 Å². The Kier molecular flexibility index (Phi) is 4.26. The summed E-state index contributed by atoms with van der Waals surface area (Å²) in [5, 5.41) is 4.44. The summed E-state index contributed by atoms with van der Waals surface area (Å²) in [6, 6.07) is 8.47. The Morgan fingerprint density at radius 2 is 2.04 bits per heavy atom. The molecule has 2 aromatic rings. The number of carbonyl (C=O) groups excluding carboxylic acids is 1. The number of fused-ring (bicyclic) bond motifs is 3. The SMILES string of the molecule is Cc1nc2ccccc2c(C)c1CC(=O)NC(C)C1CC2CCC1C2. The largest absolute Gasteiger partial charge is 0.353 e. The lowest BCUT2D eigenvalue weighted by atomic mass is 9.84.